The summed E-state index contributed by atoms with van der Waals surface area (Å²) >= 11 is 5.98. The van der Waals surface area contributed by atoms with Crippen LogP contribution >= 0.6 is 11.6 Å². The number of benzene rings is 1. The zero-order valence-electron chi connectivity index (χ0n) is 13.8. The van der Waals surface area contributed by atoms with Crippen molar-refractivity contribution in [1.82, 2.24) is 20.2 Å². The first-order valence-corrected chi connectivity index (χ1v) is 8.44. The monoisotopic (exact) mass is 344 g/mol. The van der Waals surface area contributed by atoms with E-state index in [9.17, 15) is 4.79 Å². The molecule has 1 aromatic heterocycles. The van der Waals surface area contributed by atoms with Crippen LogP contribution in [0.3, 0.4) is 0 Å². The fourth-order valence-corrected chi connectivity index (χ4v) is 3.02. The number of hydrogen-bond acceptors (Lipinski definition) is 3. The Hall–Kier alpha value is -2.14. The second-order valence-electron chi connectivity index (χ2n) is 6.41. The van der Waals surface area contributed by atoms with E-state index in [2.05, 4.69) is 22.2 Å². The molecule has 1 saturated carbocycles. The molecule has 0 spiro atoms. The van der Waals surface area contributed by atoms with Crippen molar-refractivity contribution in [2.75, 3.05) is 7.05 Å². The number of carbonyl (C=O) groups is 1. The minimum atomic E-state index is -0.111. The van der Waals surface area contributed by atoms with Crippen LogP contribution in [0.5, 0.6) is 0 Å². The van der Waals surface area contributed by atoms with Crippen molar-refractivity contribution in [3.8, 4) is 0 Å². The molecule has 0 saturated heterocycles. The lowest BCUT2D eigenvalue weighted by Crippen LogP contribution is -2.40. The van der Waals surface area contributed by atoms with E-state index in [-0.39, 0.29) is 12.1 Å². The molecule has 2 amide bonds. The summed E-state index contributed by atoms with van der Waals surface area (Å²) < 4.78 is 0. The molecule has 1 N–H and O–H groups in total. The van der Waals surface area contributed by atoms with Crippen LogP contribution in [0.2, 0.25) is 5.02 Å². The van der Waals surface area contributed by atoms with Crippen LogP contribution in [-0.4, -0.2) is 27.9 Å². The number of rotatable bonds is 5. The molecular formula is C18H21ClN4O. The SMILES string of the molecule is C[C@@H]1C[C@H]1[C@H](NC(=O)N(C)Cc1cnccn1)c1ccc(Cl)cc1. The molecule has 0 unspecified atom stereocenters. The molecule has 1 heterocycles. The summed E-state index contributed by atoms with van der Waals surface area (Å²) in [6.07, 6.45) is 6.04. The standard InChI is InChI=1S/C18H21ClN4O/c1-12-9-16(12)17(13-3-5-14(19)6-4-13)22-18(24)23(2)11-15-10-20-7-8-21-15/h3-8,10,12,16-17H,9,11H2,1-2H3,(H,22,24)/t12-,16-,17-/m1/s1. The van der Waals surface area contributed by atoms with Gasteiger partial charge in [0.1, 0.15) is 0 Å². The van der Waals surface area contributed by atoms with Gasteiger partial charge in [0.2, 0.25) is 0 Å². The zero-order valence-corrected chi connectivity index (χ0v) is 14.6. The van der Waals surface area contributed by atoms with Crippen molar-refractivity contribution in [3.05, 3.63) is 59.1 Å². The van der Waals surface area contributed by atoms with Crippen molar-refractivity contribution in [2.24, 2.45) is 11.8 Å². The Kier molecular flexibility index (Phi) is 5.00. The molecule has 6 heteroatoms. The lowest BCUT2D eigenvalue weighted by molar-refractivity contribution is 0.200. The summed E-state index contributed by atoms with van der Waals surface area (Å²) in [4.78, 5) is 22.4. The highest BCUT2D eigenvalue weighted by Crippen LogP contribution is 2.47. The van der Waals surface area contributed by atoms with Gasteiger partial charge in [0.15, 0.2) is 0 Å². The maximum absolute atomic E-state index is 12.6. The third-order valence-corrected chi connectivity index (χ3v) is 4.72. The van der Waals surface area contributed by atoms with Crippen LogP contribution in [0.1, 0.15) is 30.6 Å². The number of nitrogens with zero attached hydrogens (tertiary/aromatic N) is 3. The Morgan fingerprint density at radius 1 is 1.38 bits per heavy atom. The minimum absolute atomic E-state index is 0.00840. The molecule has 3 rings (SSSR count). The van der Waals surface area contributed by atoms with E-state index >= 15 is 0 Å². The Labute approximate surface area is 147 Å². The van der Waals surface area contributed by atoms with Gasteiger partial charge in [0.05, 0.1) is 24.5 Å². The predicted octanol–water partition coefficient (Wildman–Crippen LogP) is 3.67. The van der Waals surface area contributed by atoms with Crippen molar-refractivity contribution in [2.45, 2.75) is 25.9 Å². The number of carbonyl (C=O) groups excluding carboxylic acids is 1. The molecule has 1 fully saturated rings. The average molecular weight is 345 g/mol. The zero-order chi connectivity index (χ0) is 17.1. The number of urea groups is 1. The Morgan fingerprint density at radius 2 is 2.08 bits per heavy atom. The highest BCUT2D eigenvalue weighted by atomic mass is 35.5. The number of nitrogens with one attached hydrogen (secondary N) is 1. The van der Waals surface area contributed by atoms with Gasteiger partial charge >= 0.3 is 6.03 Å². The normalized spacial score (nSPS) is 20.3. The first-order valence-electron chi connectivity index (χ1n) is 8.06. The molecule has 0 aliphatic heterocycles. The van der Waals surface area contributed by atoms with Gasteiger partial charge in [-0.15, -0.1) is 0 Å². The number of hydrogen-bond donors (Lipinski definition) is 1. The van der Waals surface area contributed by atoms with Crippen molar-refractivity contribution < 1.29 is 4.79 Å². The quantitative estimate of drug-likeness (QED) is 0.900. The highest BCUT2D eigenvalue weighted by Gasteiger charge is 2.41. The van der Waals surface area contributed by atoms with Gasteiger partial charge in [-0.25, -0.2) is 4.79 Å². The summed E-state index contributed by atoms with van der Waals surface area (Å²) in [6.45, 7) is 2.64. The van der Waals surface area contributed by atoms with E-state index in [4.69, 9.17) is 11.6 Å². The number of aromatic nitrogens is 2. The van der Waals surface area contributed by atoms with Gasteiger partial charge in [0, 0.05) is 24.5 Å². The molecule has 1 aromatic carbocycles. The van der Waals surface area contributed by atoms with Gasteiger partial charge in [-0.05, 0) is 36.0 Å². The summed E-state index contributed by atoms with van der Waals surface area (Å²) in [5.74, 6) is 1.09. The van der Waals surface area contributed by atoms with Crippen molar-refractivity contribution in [1.29, 1.82) is 0 Å². The molecule has 24 heavy (non-hydrogen) atoms. The van der Waals surface area contributed by atoms with Crippen molar-refractivity contribution in [3.63, 3.8) is 0 Å². The molecule has 3 atom stereocenters. The van der Waals surface area contributed by atoms with E-state index in [1.165, 1.54) is 0 Å². The second-order valence-corrected chi connectivity index (χ2v) is 6.84. The third kappa shape index (κ3) is 4.03. The molecule has 1 aliphatic rings. The fraction of sp³-hybridized carbons (Fsp3) is 0.389. The van der Waals surface area contributed by atoms with E-state index in [1.807, 2.05) is 24.3 Å². The van der Waals surface area contributed by atoms with E-state index in [0.717, 1.165) is 17.7 Å². The summed E-state index contributed by atoms with van der Waals surface area (Å²) in [7, 11) is 1.76. The van der Waals surface area contributed by atoms with Crippen molar-refractivity contribution >= 4 is 17.6 Å². The smallest absolute Gasteiger partial charge is 0.317 e. The Balaban J connectivity index is 1.68. The first kappa shape index (κ1) is 16.7. The summed E-state index contributed by atoms with van der Waals surface area (Å²) in [5, 5.41) is 3.86. The average Bonchev–Trinajstić information content (AvgIpc) is 3.30. The summed E-state index contributed by atoms with van der Waals surface area (Å²) in [5.41, 5.74) is 1.85. The maximum Gasteiger partial charge on any atom is 0.317 e. The lowest BCUT2D eigenvalue weighted by Gasteiger charge is -2.24. The Bertz CT molecular complexity index is 692. The predicted molar refractivity (Wildman–Crippen MR) is 93.5 cm³/mol. The van der Waals surface area contributed by atoms with Gasteiger partial charge in [-0.2, -0.15) is 0 Å². The third-order valence-electron chi connectivity index (χ3n) is 4.47. The van der Waals surface area contributed by atoms with Crippen LogP contribution in [-0.2, 0) is 6.54 Å². The maximum atomic E-state index is 12.6. The first-order chi connectivity index (χ1) is 11.5. The largest absolute Gasteiger partial charge is 0.331 e. The van der Waals surface area contributed by atoms with Crippen LogP contribution in [0.25, 0.3) is 0 Å². The second kappa shape index (κ2) is 7.18. The van der Waals surface area contributed by atoms with Crippen LogP contribution in [0.15, 0.2) is 42.9 Å². The molecule has 1 aliphatic carbocycles. The van der Waals surface area contributed by atoms with E-state index in [1.54, 1.807) is 30.5 Å². The van der Waals surface area contributed by atoms with Gasteiger partial charge in [-0.1, -0.05) is 30.7 Å². The molecule has 2 aromatic rings. The van der Waals surface area contributed by atoms with E-state index in [0.29, 0.717) is 23.4 Å². The molecule has 0 radical (unpaired) electrons. The molecule has 5 nitrogen and oxygen atoms in total. The van der Waals surface area contributed by atoms with E-state index < -0.39 is 0 Å². The van der Waals surface area contributed by atoms with Gasteiger partial charge < -0.3 is 10.2 Å². The fourth-order valence-electron chi connectivity index (χ4n) is 2.89. The van der Waals surface area contributed by atoms with Crippen LogP contribution in [0, 0.1) is 11.8 Å². The van der Waals surface area contributed by atoms with Crippen LogP contribution in [0.4, 0.5) is 4.79 Å². The van der Waals surface area contributed by atoms with Gasteiger partial charge in [0.25, 0.3) is 0 Å². The summed E-state index contributed by atoms with van der Waals surface area (Å²) in [6, 6.07) is 7.61. The lowest BCUT2D eigenvalue weighted by atomic mass is 10.0. The topological polar surface area (TPSA) is 58.1 Å². The Morgan fingerprint density at radius 3 is 2.67 bits per heavy atom. The van der Waals surface area contributed by atoms with Gasteiger partial charge in [-0.3, -0.25) is 9.97 Å². The molecule has 126 valence electrons. The number of amides is 2. The molecule has 0 bridgehead atoms. The minimum Gasteiger partial charge on any atom is -0.331 e. The van der Waals surface area contributed by atoms with Crippen LogP contribution < -0.4 is 5.32 Å². The molecular weight excluding hydrogens is 324 g/mol. The highest BCUT2D eigenvalue weighted by molar-refractivity contribution is 6.30. The number of halogens is 1.